The first-order valence-corrected chi connectivity index (χ1v) is 8.88. The van der Waals surface area contributed by atoms with Crippen LogP contribution in [0.4, 0.5) is 5.69 Å². The van der Waals surface area contributed by atoms with Gasteiger partial charge in [0.25, 0.3) is 0 Å². The number of anilines is 1. The van der Waals surface area contributed by atoms with E-state index in [1.165, 1.54) is 7.11 Å². The Morgan fingerprint density at radius 3 is 2.85 bits per heavy atom. The fourth-order valence-electron chi connectivity index (χ4n) is 3.35. The molecule has 0 saturated heterocycles. The number of hydrogen-bond acceptors (Lipinski definition) is 6. The zero-order valence-corrected chi connectivity index (χ0v) is 15.5. The third-order valence-electron chi connectivity index (χ3n) is 4.63. The average molecular weight is 368 g/mol. The molecule has 1 aliphatic rings. The van der Waals surface area contributed by atoms with Crippen LogP contribution in [0.1, 0.15) is 41.7 Å². The summed E-state index contributed by atoms with van der Waals surface area (Å²) in [6, 6.07) is 11.0. The Kier molecular flexibility index (Phi) is 5.78. The molecule has 0 aliphatic heterocycles. The number of nitrogens with zero attached hydrogens (tertiary/aromatic N) is 1. The van der Waals surface area contributed by atoms with Gasteiger partial charge in [-0.1, -0.05) is 24.8 Å². The third kappa shape index (κ3) is 3.82. The zero-order valence-electron chi connectivity index (χ0n) is 15.5. The van der Waals surface area contributed by atoms with Gasteiger partial charge in [0, 0.05) is 11.1 Å². The highest BCUT2D eigenvalue weighted by molar-refractivity contribution is 5.98. The summed E-state index contributed by atoms with van der Waals surface area (Å²) in [6.45, 7) is 6.45. The molecule has 2 aromatic rings. The van der Waals surface area contributed by atoms with E-state index in [1.807, 2.05) is 25.1 Å². The summed E-state index contributed by atoms with van der Waals surface area (Å²) >= 11 is 0. The molecular weight excluding hydrogens is 344 g/mol. The Bertz CT molecular complexity index is 876. The molecule has 0 saturated carbocycles. The molecule has 0 spiro atoms. The first-order valence-electron chi connectivity index (χ1n) is 8.88. The van der Waals surface area contributed by atoms with Crippen molar-refractivity contribution >= 4 is 17.3 Å². The Hall–Kier alpha value is -2.83. The molecule has 2 aromatic carbocycles. The van der Waals surface area contributed by atoms with Crippen LogP contribution in [0.25, 0.3) is 5.70 Å². The zero-order chi connectivity index (χ0) is 19.4. The molecule has 6 nitrogen and oxygen atoms in total. The van der Waals surface area contributed by atoms with Gasteiger partial charge < -0.3 is 14.6 Å². The molecule has 1 aliphatic carbocycles. The predicted octanol–water partition coefficient (Wildman–Crippen LogP) is 3.93. The van der Waals surface area contributed by atoms with E-state index >= 15 is 0 Å². The highest BCUT2D eigenvalue weighted by Crippen LogP contribution is 2.36. The maximum atomic E-state index is 10.1. The van der Waals surface area contributed by atoms with Crippen LogP contribution in [-0.2, 0) is 11.2 Å². The van der Waals surface area contributed by atoms with Crippen molar-refractivity contribution in [2.24, 2.45) is 4.99 Å². The third-order valence-corrected chi connectivity index (χ3v) is 4.63. The summed E-state index contributed by atoms with van der Waals surface area (Å²) in [5.74, 6) is 0.906. The van der Waals surface area contributed by atoms with Gasteiger partial charge in [0.15, 0.2) is 0 Å². The number of methoxy groups -OCH3 is 1. The van der Waals surface area contributed by atoms with E-state index in [-0.39, 0.29) is 0 Å². The van der Waals surface area contributed by atoms with Gasteiger partial charge in [0.1, 0.15) is 11.4 Å². The molecule has 142 valence electrons. The van der Waals surface area contributed by atoms with Crippen LogP contribution in [0.5, 0.6) is 5.75 Å². The Balaban J connectivity index is 1.94. The largest absolute Gasteiger partial charge is 0.492 e. The molecule has 0 amide bonds. The van der Waals surface area contributed by atoms with Gasteiger partial charge in [-0.25, -0.2) is 4.99 Å². The second-order valence-corrected chi connectivity index (χ2v) is 6.25. The van der Waals surface area contributed by atoms with E-state index in [1.54, 1.807) is 18.2 Å². The van der Waals surface area contributed by atoms with Crippen molar-refractivity contribution in [3.63, 3.8) is 0 Å². The summed E-state index contributed by atoms with van der Waals surface area (Å²) in [4.78, 5) is 4.56. The minimum atomic E-state index is -0.428. The van der Waals surface area contributed by atoms with Gasteiger partial charge in [0.2, 0.25) is 5.90 Å². The second-order valence-electron chi connectivity index (χ2n) is 6.25. The summed E-state index contributed by atoms with van der Waals surface area (Å²) < 4.78 is 10.9. The fraction of sp³-hybridized carbons (Fsp3) is 0.286. The molecule has 0 heterocycles. The molecule has 1 atom stereocenters. The number of fused-ring (bicyclic) bond motifs is 1. The maximum Gasteiger partial charge on any atom is 0.221 e. The number of benzene rings is 2. The van der Waals surface area contributed by atoms with E-state index in [2.05, 4.69) is 17.1 Å². The van der Waals surface area contributed by atoms with Crippen molar-refractivity contribution < 1.29 is 19.8 Å². The number of aliphatic hydroxyl groups is 1. The summed E-state index contributed by atoms with van der Waals surface area (Å²) in [7, 11) is 1.54. The smallest absolute Gasteiger partial charge is 0.221 e. The number of rotatable bonds is 6. The fourth-order valence-corrected chi connectivity index (χ4v) is 3.35. The maximum absolute atomic E-state index is 10.1. The Labute approximate surface area is 158 Å². The molecule has 3 rings (SSSR count). The highest BCUT2D eigenvalue weighted by Gasteiger charge is 2.23. The molecule has 0 radical (unpaired) electrons. The van der Waals surface area contributed by atoms with E-state index in [0.717, 1.165) is 23.1 Å². The quantitative estimate of drug-likeness (QED) is 0.409. The number of nitrogens with one attached hydrogen (secondary N) is 1. The monoisotopic (exact) mass is 368 g/mol. The second kappa shape index (κ2) is 8.24. The van der Waals surface area contributed by atoms with Gasteiger partial charge in [-0.05, 0) is 49.1 Å². The van der Waals surface area contributed by atoms with Crippen molar-refractivity contribution in [2.45, 2.75) is 25.9 Å². The lowest BCUT2D eigenvalue weighted by atomic mass is 10.0. The van der Waals surface area contributed by atoms with Gasteiger partial charge in [-0.15, -0.1) is 0 Å². The molecule has 27 heavy (non-hydrogen) atoms. The lowest BCUT2D eigenvalue weighted by molar-refractivity contribution is 0.180. The van der Waals surface area contributed by atoms with Gasteiger partial charge in [0.05, 0.1) is 25.5 Å². The van der Waals surface area contributed by atoms with Gasteiger partial charge in [-0.2, -0.15) is 0 Å². The van der Waals surface area contributed by atoms with E-state index in [0.29, 0.717) is 41.6 Å². The first-order chi connectivity index (χ1) is 13.1. The van der Waals surface area contributed by atoms with Crippen LogP contribution < -0.4 is 10.2 Å². The molecule has 1 unspecified atom stereocenters. The van der Waals surface area contributed by atoms with E-state index < -0.39 is 6.10 Å². The van der Waals surface area contributed by atoms with E-state index in [9.17, 15) is 10.3 Å². The minimum Gasteiger partial charge on any atom is -0.492 e. The molecule has 0 bridgehead atoms. The van der Waals surface area contributed by atoms with Crippen molar-refractivity contribution in [3.05, 3.63) is 65.2 Å². The van der Waals surface area contributed by atoms with Crippen LogP contribution in [0.2, 0.25) is 0 Å². The predicted molar refractivity (Wildman–Crippen MR) is 105 cm³/mol. The van der Waals surface area contributed by atoms with Crippen LogP contribution >= 0.6 is 0 Å². The Morgan fingerprint density at radius 2 is 2.15 bits per heavy atom. The molecule has 6 heteroatoms. The van der Waals surface area contributed by atoms with Crippen molar-refractivity contribution in [2.75, 3.05) is 19.2 Å². The standard InChI is InChI=1S/C21H24N2O4/c1-4-27-20-11-8-14(12-18(20)23-25)21(26-3)22-13(2)15-6-5-7-17-16(15)9-10-19(17)24/h5-8,11-12,19,23-25H,2,4,9-10H2,1,3H3. The minimum absolute atomic E-state index is 0.371. The molecule has 3 N–H and O–H groups in total. The SMILES string of the molecule is C=C(N=C(OC)c1ccc(OCC)c(NO)c1)c1cccc2c1CCC2O. The highest BCUT2D eigenvalue weighted by atomic mass is 16.5. The number of ether oxygens (including phenoxy) is 2. The van der Waals surface area contributed by atoms with Crippen LogP contribution in [0.3, 0.4) is 0 Å². The molecule has 0 fully saturated rings. The van der Waals surface area contributed by atoms with Crippen LogP contribution in [-0.4, -0.2) is 29.9 Å². The lowest BCUT2D eigenvalue weighted by Gasteiger charge is -2.13. The van der Waals surface area contributed by atoms with Crippen molar-refractivity contribution in [1.29, 1.82) is 0 Å². The summed E-state index contributed by atoms with van der Waals surface area (Å²) in [5.41, 5.74) is 6.73. The van der Waals surface area contributed by atoms with Crippen LogP contribution in [0, 0.1) is 0 Å². The Morgan fingerprint density at radius 1 is 1.33 bits per heavy atom. The van der Waals surface area contributed by atoms with E-state index in [4.69, 9.17) is 9.47 Å². The average Bonchev–Trinajstić information content (AvgIpc) is 3.07. The van der Waals surface area contributed by atoms with Crippen LogP contribution in [0.15, 0.2) is 48.0 Å². The number of hydrogen-bond donors (Lipinski definition) is 3. The normalized spacial score (nSPS) is 16.0. The van der Waals surface area contributed by atoms with Gasteiger partial charge in [-0.3, -0.25) is 10.7 Å². The first kappa shape index (κ1) is 18.9. The van der Waals surface area contributed by atoms with Gasteiger partial charge >= 0.3 is 0 Å². The van der Waals surface area contributed by atoms with Crippen molar-refractivity contribution in [3.8, 4) is 5.75 Å². The molecule has 0 aromatic heterocycles. The van der Waals surface area contributed by atoms with Crippen molar-refractivity contribution in [1.82, 2.24) is 0 Å². The summed E-state index contributed by atoms with van der Waals surface area (Å²) in [5, 5.41) is 19.5. The molecular formula is C21H24N2O4. The number of aliphatic hydroxyl groups excluding tert-OH is 1. The summed E-state index contributed by atoms with van der Waals surface area (Å²) in [6.07, 6.45) is 1.08. The topological polar surface area (TPSA) is 83.3 Å². The number of aliphatic imine (C=N–C) groups is 1. The lowest BCUT2D eigenvalue weighted by Crippen LogP contribution is -2.06.